The van der Waals surface area contributed by atoms with Gasteiger partial charge in [0.2, 0.25) is 0 Å². The lowest BCUT2D eigenvalue weighted by molar-refractivity contribution is 0.183. The summed E-state index contributed by atoms with van der Waals surface area (Å²) >= 11 is 5.59. The maximum atomic E-state index is 8.97. The summed E-state index contributed by atoms with van der Waals surface area (Å²) in [4.78, 5) is 0. The molecular formula is C9H14ClNO2. The molecule has 3 nitrogen and oxygen atoms in total. The van der Waals surface area contributed by atoms with Crippen LogP contribution in [0.15, 0.2) is 16.5 Å². The lowest BCUT2D eigenvalue weighted by atomic mass is 10.3. The lowest BCUT2D eigenvalue weighted by Gasteiger charge is -2.04. The highest BCUT2D eigenvalue weighted by Crippen LogP contribution is 2.12. The molecule has 2 N–H and O–H groups in total. The Hall–Kier alpha value is -0.510. The smallest absolute Gasteiger partial charge is 0.193 e. The van der Waals surface area contributed by atoms with Gasteiger partial charge in [-0.3, -0.25) is 0 Å². The Balaban J connectivity index is 2.13. The third-order valence-electron chi connectivity index (χ3n) is 1.67. The van der Waals surface area contributed by atoms with E-state index in [1.165, 1.54) is 0 Å². The third-order valence-corrected chi connectivity index (χ3v) is 1.87. The molecule has 0 aliphatic heterocycles. The second-order valence-corrected chi connectivity index (χ2v) is 3.39. The minimum atomic E-state index is -0.257. The Kier molecular flexibility index (Phi) is 4.28. The Bertz CT molecular complexity index is 248. The first kappa shape index (κ1) is 10.6. The highest BCUT2D eigenvalue weighted by atomic mass is 35.5. The molecule has 0 saturated heterocycles. The van der Waals surface area contributed by atoms with Crippen LogP contribution in [0.4, 0.5) is 0 Å². The van der Waals surface area contributed by atoms with Crippen molar-refractivity contribution in [3.8, 4) is 0 Å². The molecule has 0 spiro atoms. The van der Waals surface area contributed by atoms with Crippen molar-refractivity contribution in [2.24, 2.45) is 0 Å². The zero-order chi connectivity index (χ0) is 9.68. The van der Waals surface area contributed by atoms with E-state index in [-0.39, 0.29) is 6.10 Å². The van der Waals surface area contributed by atoms with Crippen LogP contribution >= 0.6 is 11.6 Å². The minimum Gasteiger partial charge on any atom is -0.448 e. The highest BCUT2D eigenvalue weighted by Gasteiger charge is 1.99. The van der Waals surface area contributed by atoms with E-state index in [1.807, 2.05) is 6.07 Å². The van der Waals surface area contributed by atoms with Crippen LogP contribution in [0.5, 0.6) is 0 Å². The van der Waals surface area contributed by atoms with Crippen molar-refractivity contribution in [1.29, 1.82) is 0 Å². The van der Waals surface area contributed by atoms with Crippen molar-refractivity contribution < 1.29 is 9.52 Å². The second kappa shape index (κ2) is 5.27. The van der Waals surface area contributed by atoms with Gasteiger partial charge in [0.05, 0.1) is 12.6 Å². The average molecular weight is 204 g/mol. The van der Waals surface area contributed by atoms with Crippen LogP contribution in [-0.2, 0) is 6.54 Å². The molecular weight excluding hydrogens is 190 g/mol. The number of nitrogens with one attached hydrogen (secondary N) is 1. The molecule has 4 heteroatoms. The van der Waals surface area contributed by atoms with Crippen molar-refractivity contribution in [2.45, 2.75) is 26.0 Å². The molecule has 0 aliphatic rings. The van der Waals surface area contributed by atoms with E-state index < -0.39 is 0 Å². The summed E-state index contributed by atoms with van der Waals surface area (Å²) in [5, 5.41) is 12.5. The van der Waals surface area contributed by atoms with Gasteiger partial charge >= 0.3 is 0 Å². The molecule has 1 rings (SSSR count). The SMILES string of the molecule is CC(O)CCNCc1ccc(Cl)o1. The molecule has 74 valence electrons. The second-order valence-electron chi connectivity index (χ2n) is 3.02. The van der Waals surface area contributed by atoms with Crippen LogP contribution < -0.4 is 5.32 Å². The summed E-state index contributed by atoms with van der Waals surface area (Å²) in [5.74, 6) is 0.815. The Morgan fingerprint density at radius 2 is 2.38 bits per heavy atom. The van der Waals surface area contributed by atoms with Gasteiger partial charge < -0.3 is 14.8 Å². The zero-order valence-corrected chi connectivity index (χ0v) is 8.34. The quantitative estimate of drug-likeness (QED) is 0.718. The highest BCUT2D eigenvalue weighted by molar-refractivity contribution is 6.28. The van der Waals surface area contributed by atoms with Gasteiger partial charge in [-0.2, -0.15) is 0 Å². The maximum Gasteiger partial charge on any atom is 0.193 e. The van der Waals surface area contributed by atoms with Gasteiger partial charge in [-0.15, -0.1) is 0 Å². The first-order valence-corrected chi connectivity index (χ1v) is 4.69. The molecule has 0 fully saturated rings. The van der Waals surface area contributed by atoms with Gasteiger partial charge in [0, 0.05) is 0 Å². The molecule has 0 aromatic carbocycles. The number of halogens is 1. The average Bonchev–Trinajstić information content (AvgIpc) is 2.45. The van der Waals surface area contributed by atoms with Gasteiger partial charge in [-0.25, -0.2) is 0 Å². The van der Waals surface area contributed by atoms with Crippen LogP contribution in [0, 0.1) is 0 Å². The molecule has 0 bridgehead atoms. The van der Waals surface area contributed by atoms with Crippen LogP contribution in [0.1, 0.15) is 19.1 Å². The summed E-state index contributed by atoms with van der Waals surface area (Å²) < 4.78 is 5.13. The summed E-state index contributed by atoms with van der Waals surface area (Å²) in [7, 11) is 0. The number of hydrogen-bond acceptors (Lipinski definition) is 3. The Morgan fingerprint density at radius 3 is 2.92 bits per heavy atom. The molecule has 1 aromatic heterocycles. The molecule has 0 radical (unpaired) electrons. The lowest BCUT2D eigenvalue weighted by Crippen LogP contribution is -2.18. The molecule has 1 aromatic rings. The van der Waals surface area contributed by atoms with E-state index in [0.717, 1.165) is 18.7 Å². The van der Waals surface area contributed by atoms with Gasteiger partial charge in [0.25, 0.3) is 0 Å². The third kappa shape index (κ3) is 4.31. The standard InChI is InChI=1S/C9H14ClNO2/c1-7(12)4-5-11-6-8-2-3-9(10)13-8/h2-3,7,11-12H,4-6H2,1H3. The van der Waals surface area contributed by atoms with Crippen molar-refractivity contribution in [3.05, 3.63) is 23.1 Å². The summed E-state index contributed by atoms with van der Waals surface area (Å²) in [6.07, 6.45) is 0.488. The fourth-order valence-electron chi connectivity index (χ4n) is 0.969. The van der Waals surface area contributed by atoms with Crippen molar-refractivity contribution in [2.75, 3.05) is 6.54 Å². The van der Waals surface area contributed by atoms with E-state index in [4.69, 9.17) is 21.1 Å². The molecule has 1 atom stereocenters. The fraction of sp³-hybridized carbons (Fsp3) is 0.556. The molecule has 0 amide bonds. The minimum absolute atomic E-state index is 0.257. The zero-order valence-electron chi connectivity index (χ0n) is 7.59. The van der Waals surface area contributed by atoms with Crippen LogP contribution in [0.25, 0.3) is 0 Å². The van der Waals surface area contributed by atoms with Crippen molar-refractivity contribution in [1.82, 2.24) is 5.32 Å². The fourth-order valence-corrected chi connectivity index (χ4v) is 1.13. The summed E-state index contributed by atoms with van der Waals surface area (Å²) in [6.45, 7) is 3.20. The summed E-state index contributed by atoms with van der Waals surface area (Å²) in [5.41, 5.74) is 0. The molecule has 1 unspecified atom stereocenters. The molecule has 13 heavy (non-hydrogen) atoms. The number of furan rings is 1. The Labute approximate surface area is 82.7 Å². The first-order chi connectivity index (χ1) is 6.18. The van der Waals surface area contributed by atoms with E-state index >= 15 is 0 Å². The molecule has 0 saturated carbocycles. The summed E-state index contributed by atoms with van der Waals surface area (Å²) in [6, 6.07) is 3.55. The molecule has 0 aliphatic carbocycles. The van der Waals surface area contributed by atoms with Gasteiger partial charge in [0.15, 0.2) is 5.22 Å². The predicted molar refractivity (Wildman–Crippen MR) is 51.7 cm³/mol. The molecule has 1 heterocycles. The maximum absolute atomic E-state index is 8.97. The van der Waals surface area contributed by atoms with E-state index in [9.17, 15) is 0 Å². The first-order valence-electron chi connectivity index (χ1n) is 4.31. The van der Waals surface area contributed by atoms with E-state index in [0.29, 0.717) is 11.8 Å². The number of aliphatic hydroxyl groups excluding tert-OH is 1. The van der Waals surface area contributed by atoms with E-state index in [1.54, 1.807) is 13.0 Å². The van der Waals surface area contributed by atoms with Crippen molar-refractivity contribution >= 4 is 11.6 Å². The Morgan fingerprint density at radius 1 is 1.62 bits per heavy atom. The number of aliphatic hydroxyl groups is 1. The van der Waals surface area contributed by atoms with Crippen LogP contribution in [0.3, 0.4) is 0 Å². The van der Waals surface area contributed by atoms with Gasteiger partial charge in [-0.1, -0.05) is 0 Å². The van der Waals surface area contributed by atoms with Gasteiger partial charge in [0.1, 0.15) is 5.76 Å². The topological polar surface area (TPSA) is 45.4 Å². The largest absolute Gasteiger partial charge is 0.448 e. The normalized spacial score (nSPS) is 13.2. The monoisotopic (exact) mass is 203 g/mol. The van der Waals surface area contributed by atoms with Crippen molar-refractivity contribution in [3.63, 3.8) is 0 Å². The van der Waals surface area contributed by atoms with Crippen LogP contribution in [-0.4, -0.2) is 17.8 Å². The van der Waals surface area contributed by atoms with Crippen LogP contribution in [0.2, 0.25) is 5.22 Å². The number of rotatable bonds is 5. The number of hydrogen-bond donors (Lipinski definition) is 2. The predicted octanol–water partition coefficient (Wildman–Crippen LogP) is 1.79. The van der Waals surface area contributed by atoms with E-state index in [2.05, 4.69) is 5.32 Å². The van der Waals surface area contributed by atoms with Gasteiger partial charge in [-0.05, 0) is 43.6 Å².